The van der Waals surface area contributed by atoms with Gasteiger partial charge >= 0.3 is 6.18 Å². The molecule has 0 bridgehead atoms. The first-order valence-corrected chi connectivity index (χ1v) is 8.99. The Hall–Kier alpha value is -2.80. The Morgan fingerprint density at radius 2 is 1.71 bits per heavy atom. The molecule has 3 nitrogen and oxygen atoms in total. The molecule has 0 unspecified atom stereocenters. The van der Waals surface area contributed by atoms with E-state index in [-0.39, 0.29) is 16.4 Å². The molecule has 0 aliphatic rings. The first-order valence-electron chi connectivity index (χ1n) is 8.54. The van der Waals surface area contributed by atoms with E-state index in [9.17, 15) is 13.2 Å². The Labute approximate surface area is 166 Å². The van der Waals surface area contributed by atoms with E-state index in [2.05, 4.69) is 22.7 Å². The number of aryl methyl sites for hydroxylation is 1. The van der Waals surface area contributed by atoms with Crippen molar-refractivity contribution in [3.63, 3.8) is 0 Å². The van der Waals surface area contributed by atoms with Crippen molar-refractivity contribution in [3.8, 4) is 11.3 Å². The number of aliphatic imine (C=N–C) groups is 1. The van der Waals surface area contributed by atoms with Gasteiger partial charge in [0.25, 0.3) is 0 Å². The third-order valence-electron chi connectivity index (χ3n) is 4.09. The summed E-state index contributed by atoms with van der Waals surface area (Å²) in [6.45, 7) is 3.55. The molecule has 0 atom stereocenters. The molecule has 7 heteroatoms. The van der Waals surface area contributed by atoms with Gasteiger partial charge in [-0.15, -0.1) is 12.6 Å². The highest BCUT2D eigenvalue weighted by molar-refractivity contribution is 7.96. The summed E-state index contributed by atoms with van der Waals surface area (Å²) in [7, 11) is 0. The fourth-order valence-corrected chi connectivity index (χ4v) is 3.12. The monoisotopic (exact) mass is 401 g/mol. The number of allylic oxidation sites excluding steroid dienone is 1. The van der Waals surface area contributed by atoms with Crippen LogP contribution < -0.4 is 0 Å². The number of hydrogen-bond acceptors (Lipinski definition) is 2. The SMILES string of the molecule is C/C=C(\N=C(/S)n1nc(C)cc1-c1ccccc1C(F)(F)F)c1ccccc1. The number of thiol groups is 1. The van der Waals surface area contributed by atoms with Crippen LogP contribution in [0.4, 0.5) is 13.2 Å². The topological polar surface area (TPSA) is 30.2 Å². The van der Waals surface area contributed by atoms with Crippen molar-refractivity contribution < 1.29 is 13.2 Å². The lowest BCUT2D eigenvalue weighted by Gasteiger charge is -2.14. The zero-order chi connectivity index (χ0) is 20.3. The molecule has 0 radical (unpaired) electrons. The van der Waals surface area contributed by atoms with Gasteiger partial charge < -0.3 is 0 Å². The van der Waals surface area contributed by atoms with Crippen LogP contribution >= 0.6 is 12.6 Å². The predicted octanol–water partition coefficient (Wildman–Crippen LogP) is 6.07. The van der Waals surface area contributed by atoms with Crippen LogP contribution in [0.1, 0.15) is 23.7 Å². The Morgan fingerprint density at radius 3 is 2.36 bits per heavy atom. The van der Waals surface area contributed by atoms with Gasteiger partial charge in [0.1, 0.15) is 0 Å². The van der Waals surface area contributed by atoms with Gasteiger partial charge in [0.15, 0.2) is 5.17 Å². The molecule has 3 rings (SSSR count). The van der Waals surface area contributed by atoms with Crippen LogP contribution in [0.3, 0.4) is 0 Å². The van der Waals surface area contributed by atoms with E-state index in [0.717, 1.165) is 11.6 Å². The molecule has 0 N–H and O–H groups in total. The lowest BCUT2D eigenvalue weighted by atomic mass is 10.0. The summed E-state index contributed by atoms with van der Waals surface area (Å²) < 4.78 is 41.7. The van der Waals surface area contributed by atoms with E-state index in [1.807, 2.05) is 43.3 Å². The van der Waals surface area contributed by atoms with Gasteiger partial charge in [-0.25, -0.2) is 9.67 Å². The third-order valence-corrected chi connectivity index (χ3v) is 4.38. The summed E-state index contributed by atoms with van der Waals surface area (Å²) >= 11 is 4.43. The molecule has 0 aliphatic carbocycles. The van der Waals surface area contributed by atoms with Crippen LogP contribution in [0, 0.1) is 6.92 Å². The minimum absolute atomic E-state index is 0.0269. The van der Waals surface area contributed by atoms with Crippen molar-refractivity contribution in [2.45, 2.75) is 20.0 Å². The minimum atomic E-state index is -4.48. The molecule has 144 valence electrons. The normalized spacial score (nSPS) is 13.1. The van der Waals surface area contributed by atoms with Crippen molar-refractivity contribution in [3.05, 3.63) is 83.6 Å². The average Bonchev–Trinajstić information content (AvgIpc) is 3.07. The number of rotatable bonds is 3. The zero-order valence-corrected chi connectivity index (χ0v) is 16.2. The van der Waals surface area contributed by atoms with Crippen LogP contribution in [0.25, 0.3) is 17.0 Å². The molecule has 3 aromatic rings. The fraction of sp³-hybridized carbons (Fsp3) is 0.143. The summed E-state index contributed by atoms with van der Waals surface area (Å²) in [5.41, 5.74) is 1.66. The van der Waals surface area contributed by atoms with Gasteiger partial charge in [-0.05, 0) is 31.5 Å². The van der Waals surface area contributed by atoms with E-state index < -0.39 is 11.7 Å². The first kappa shape index (κ1) is 19.9. The van der Waals surface area contributed by atoms with Crippen molar-refractivity contribution >= 4 is 23.5 Å². The molecule has 0 amide bonds. The number of halogens is 3. The Morgan fingerprint density at radius 1 is 1.07 bits per heavy atom. The van der Waals surface area contributed by atoms with Gasteiger partial charge in [0.05, 0.1) is 22.6 Å². The number of aromatic nitrogens is 2. The smallest absolute Gasteiger partial charge is 0.223 e. The Balaban J connectivity index is 2.11. The lowest BCUT2D eigenvalue weighted by Crippen LogP contribution is -2.12. The molecule has 2 aromatic carbocycles. The zero-order valence-electron chi connectivity index (χ0n) is 15.3. The second-order valence-electron chi connectivity index (χ2n) is 6.08. The Kier molecular flexibility index (Phi) is 5.74. The second-order valence-corrected chi connectivity index (χ2v) is 6.48. The molecular formula is C21H18F3N3S. The largest absolute Gasteiger partial charge is 0.417 e. The lowest BCUT2D eigenvalue weighted by molar-refractivity contribution is -0.137. The van der Waals surface area contributed by atoms with Crippen molar-refractivity contribution in [2.24, 2.45) is 4.99 Å². The summed E-state index contributed by atoms with van der Waals surface area (Å²) in [4.78, 5) is 4.49. The maximum absolute atomic E-state index is 13.5. The summed E-state index contributed by atoms with van der Waals surface area (Å²) in [6, 6.07) is 16.5. The highest BCUT2D eigenvalue weighted by Gasteiger charge is 2.34. The Bertz CT molecular complexity index is 1030. The van der Waals surface area contributed by atoms with Crippen LogP contribution in [-0.2, 0) is 6.18 Å². The highest BCUT2D eigenvalue weighted by atomic mass is 32.1. The predicted molar refractivity (Wildman–Crippen MR) is 109 cm³/mol. The maximum atomic E-state index is 13.5. The number of alkyl halides is 3. The van der Waals surface area contributed by atoms with E-state index in [4.69, 9.17) is 0 Å². The fourth-order valence-electron chi connectivity index (χ4n) is 2.86. The second kappa shape index (κ2) is 8.06. The molecule has 0 spiro atoms. The van der Waals surface area contributed by atoms with Gasteiger partial charge in [0, 0.05) is 5.56 Å². The highest BCUT2D eigenvalue weighted by Crippen LogP contribution is 2.37. The van der Waals surface area contributed by atoms with E-state index >= 15 is 0 Å². The van der Waals surface area contributed by atoms with E-state index in [1.165, 1.54) is 16.8 Å². The molecule has 0 saturated heterocycles. The number of hydrogen-bond donors (Lipinski definition) is 1. The van der Waals surface area contributed by atoms with Crippen LogP contribution in [0.2, 0.25) is 0 Å². The molecule has 0 saturated carbocycles. The van der Waals surface area contributed by atoms with Crippen LogP contribution in [-0.4, -0.2) is 14.9 Å². The summed E-state index contributed by atoms with van der Waals surface area (Å²) in [6.07, 6.45) is -2.67. The molecule has 1 heterocycles. The van der Waals surface area contributed by atoms with Gasteiger partial charge in [0.2, 0.25) is 0 Å². The number of benzene rings is 2. The average molecular weight is 401 g/mol. The molecular weight excluding hydrogens is 383 g/mol. The molecule has 28 heavy (non-hydrogen) atoms. The van der Waals surface area contributed by atoms with Gasteiger partial charge in [-0.3, -0.25) is 0 Å². The number of nitrogens with zero attached hydrogens (tertiary/aromatic N) is 3. The molecule has 1 aromatic heterocycles. The molecule has 0 aliphatic heterocycles. The van der Waals surface area contributed by atoms with E-state index in [1.54, 1.807) is 19.1 Å². The summed E-state index contributed by atoms with van der Waals surface area (Å²) in [5, 5.41) is 4.48. The summed E-state index contributed by atoms with van der Waals surface area (Å²) in [5.74, 6) is 0. The van der Waals surface area contributed by atoms with Gasteiger partial charge in [-0.2, -0.15) is 18.3 Å². The minimum Gasteiger partial charge on any atom is -0.223 e. The quantitative estimate of drug-likeness (QED) is 0.322. The third kappa shape index (κ3) is 4.20. The standard InChI is InChI=1S/C21H18F3N3S/c1-3-18(15-9-5-4-6-10-15)25-20(28)27-19(13-14(2)26-27)16-11-7-8-12-17(16)21(22,23)24/h3-13H,1-2H3,(H,25,28)/b18-3-. The first-order chi connectivity index (χ1) is 13.3. The van der Waals surface area contributed by atoms with Crippen LogP contribution in [0.5, 0.6) is 0 Å². The molecule has 0 fully saturated rings. The maximum Gasteiger partial charge on any atom is 0.417 e. The van der Waals surface area contributed by atoms with Crippen molar-refractivity contribution in [1.29, 1.82) is 0 Å². The van der Waals surface area contributed by atoms with Crippen molar-refractivity contribution in [2.75, 3.05) is 0 Å². The van der Waals surface area contributed by atoms with Crippen molar-refractivity contribution in [1.82, 2.24) is 9.78 Å². The van der Waals surface area contributed by atoms with Crippen LogP contribution in [0.15, 0.2) is 71.7 Å². The van der Waals surface area contributed by atoms with E-state index in [0.29, 0.717) is 11.4 Å². The van der Waals surface area contributed by atoms with Gasteiger partial charge in [-0.1, -0.05) is 54.6 Å².